The molecule has 21 heavy (non-hydrogen) atoms. The zero-order valence-electron chi connectivity index (χ0n) is 12.3. The summed E-state index contributed by atoms with van der Waals surface area (Å²) in [6.07, 6.45) is 2.03. The Morgan fingerprint density at radius 3 is 2.38 bits per heavy atom. The fraction of sp³-hybridized carbons (Fsp3) is 0.533. The Labute approximate surface area is 139 Å². The monoisotopic (exact) mass is 333 g/mol. The summed E-state index contributed by atoms with van der Waals surface area (Å²) in [5.74, 6) is -0.0684. The van der Waals surface area contributed by atoms with E-state index in [1.807, 2.05) is 30.3 Å². The molecule has 1 heterocycles. The van der Waals surface area contributed by atoms with Crippen molar-refractivity contribution in [2.75, 3.05) is 19.6 Å². The van der Waals surface area contributed by atoms with Crippen molar-refractivity contribution in [3.8, 4) is 0 Å². The maximum absolute atomic E-state index is 12.1. The first-order valence-electron chi connectivity index (χ1n) is 7.04. The van der Waals surface area contributed by atoms with Gasteiger partial charge in [0.1, 0.15) is 6.04 Å². The van der Waals surface area contributed by atoms with E-state index in [0.29, 0.717) is 0 Å². The number of nitrogens with one attached hydrogen (secondary N) is 1. The molecule has 1 aromatic rings. The van der Waals surface area contributed by atoms with Crippen molar-refractivity contribution in [3.05, 3.63) is 35.9 Å². The fourth-order valence-corrected chi connectivity index (χ4v) is 2.50. The second-order valence-corrected chi connectivity index (χ2v) is 5.11. The third-order valence-corrected chi connectivity index (χ3v) is 3.82. The summed E-state index contributed by atoms with van der Waals surface area (Å²) in [6.45, 7) is 5.37. The lowest BCUT2D eigenvalue weighted by Crippen LogP contribution is -2.47. The van der Waals surface area contributed by atoms with Gasteiger partial charge in [0.25, 0.3) is 0 Å². The molecule has 0 aromatic heterocycles. The number of carbonyl (C=O) groups is 1. The van der Waals surface area contributed by atoms with E-state index in [1.165, 1.54) is 0 Å². The highest BCUT2D eigenvalue weighted by molar-refractivity contribution is 5.85. The largest absolute Gasteiger partial charge is 0.352 e. The number of nitrogens with zero attached hydrogens (tertiary/aromatic N) is 1. The lowest BCUT2D eigenvalue weighted by Gasteiger charge is -2.32. The molecule has 6 heteroatoms. The van der Waals surface area contributed by atoms with E-state index in [9.17, 15) is 4.79 Å². The first-order valence-corrected chi connectivity index (χ1v) is 7.04. The molecule has 0 spiro atoms. The van der Waals surface area contributed by atoms with E-state index in [2.05, 4.69) is 17.1 Å². The average Bonchev–Trinajstić information content (AvgIpc) is 2.48. The molecule has 1 amide bonds. The Bertz CT molecular complexity index is 409. The Morgan fingerprint density at radius 2 is 1.86 bits per heavy atom. The van der Waals surface area contributed by atoms with Crippen molar-refractivity contribution >= 4 is 30.7 Å². The van der Waals surface area contributed by atoms with Gasteiger partial charge in [0.2, 0.25) is 5.91 Å². The first-order chi connectivity index (χ1) is 9.20. The lowest BCUT2D eigenvalue weighted by atomic mass is 10.0. The second kappa shape index (κ2) is 10.0. The van der Waals surface area contributed by atoms with Crippen LogP contribution in [-0.4, -0.2) is 36.5 Å². The Balaban J connectivity index is 0.00000200. The molecule has 0 radical (unpaired) electrons. The molecule has 120 valence electrons. The topological polar surface area (TPSA) is 58.4 Å². The molecule has 1 atom stereocenters. The molecule has 0 bridgehead atoms. The van der Waals surface area contributed by atoms with Gasteiger partial charge in [-0.1, -0.05) is 37.3 Å². The van der Waals surface area contributed by atoms with Gasteiger partial charge in [0, 0.05) is 19.1 Å². The Morgan fingerprint density at radius 1 is 1.29 bits per heavy atom. The van der Waals surface area contributed by atoms with E-state index >= 15 is 0 Å². The molecular formula is C15H25Cl2N3O. The molecule has 1 aliphatic rings. The van der Waals surface area contributed by atoms with E-state index in [1.54, 1.807) is 0 Å². The van der Waals surface area contributed by atoms with Crippen LogP contribution in [0.4, 0.5) is 0 Å². The van der Waals surface area contributed by atoms with Crippen molar-refractivity contribution < 1.29 is 4.79 Å². The highest BCUT2D eigenvalue weighted by Gasteiger charge is 2.22. The molecule has 1 fully saturated rings. The number of amides is 1. The fourth-order valence-electron chi connectivity index (χ4n) is 2.50. The molecule has 2 rings (SSSR count). The van der Waals surface area contributed by atoms with Crippen LogP contribution >= 0.6 is 24.8 Å². The second-order valence-electron chi connectivity index (χ2n) is 5.11. The van der Waals surface area contributed by atoms with E-state index in [4.69, 9.17) is 5.73 Å². The van der Waals surface area contributed by atoms with Crippen molar-refractivity contribution in [1.82, 2.24) is 10.2 Å². The highest BCUT2D eigenvalue weighted by atomic mass is 35.5. The molecule has 1 aliphatic heterocycles. The Hall–Kier alpha value is -0.810. The number of piperidine rings is 1. The summed E-state index contributed by atoms with van der Waals surface area (Å²) in [6, 6.07) is 9.22. The van der Waals surface area contributed by atoms with Crippen molar-refractivity contribution in [2.24, 2.45) is 5.73 Å². The molecule has 3 N–H and O–H groups in total. The molecule has 0 saturated carbocycles. The van der Waals surface area contributed by atoms with Crippen LogP contribution in [0.25, 0.3) is 0 Å². The van der Waals surface area contributed by atoms with Gasteiger partial charge in [-0.15, -0.1) is 24.8 Å². The van der Waals surface area contributed by atoms with Gasteiger partial charge in [0.05, 0.1) is 0 Å². The highest BCUT2D eigenvalue weighted by Crippen LogP contribution is 2.13. The molecule has 1 unspecified atom stereocenters. The maximum atomic E-state index is 12.1. The average molecular weight is 334 g/mol. The number of hydrogen-bond acceptors (Lipinski definition) is 3. The van der Waals surface area contributed by atoms with Crippen molar-refractivity contribution in [3.63, 3.8) is 0 Å². The standard InChI is InChI=1S/C15H23N3O.2ClH/c1-2-18-10-8-13(9-11-18)17-15(19)14(16)12-6-4-3-5-7-12;;/h3-7,13-14H,2,8-11,16H2,1H3,(H,17,19);2*1H. The van der Waals surface area contributed by atoms with Crippen LogP contribution in [0.15, 0.2) is 30.3 Å². The van der Waals surface area contributed by atoms with Crippen LogP contribution in [0, 0.1) is 0 Å². The van der Waals surface area contributed by atoms with Crippen LogP contribution in [0.3, 0.4) is 0 Å². The third-order valence-electron chi connectivity index (χ3n) is 3.82. The predicted octanol–water partition coefficient (Wildman–Crippen LogP) is 2.13. The van der Waals surface area contributed by atoms with Crippen LogP contribution < -0.4 is 11.1 Å². The predicted molar refractivity (Wildman–Crippen MR) is 91.1 cm³/mol. The van der Waals surface area contributed by atoms with E-state index in [-0.39, 0.29) is 36.8 Å². The molecular weight excluding hydrogens is 309 g/mol. The van der Waals surface area contributed by atoms with Crippen LogP contribution in [0.1, 0.15) is 31.4 Å². The molecule has 4 nitrogen and oxygen atoms in total. The number of benzene rings is 1. The molecule has 1 aromatic carbocycles. The quantitative estimate of drug-likeness (QED) is 0.887. The van der Waals surface area contributed by atoms with Gasteiger partial charge in [-0.2, -0.15) is 0 Å². The number of rotatable bonds is 4. The number of carbonyl (C=O) groups excluding carboxylic acids is 1. The zero-order chi connectivity index (χ0) is 13.7. The van der Waals surface area contributed by atoms with Gasteiger partial charge in [0.15, 0.2) is 0 Å². The normalized spacial score (nSPS) is 17.2. The maximum Gasteiger partial charge on any atom is 0.241 e. The van der Waals surface area contributed by atoms with Crippen LogP contribution in [-0.2, 0) is 4.79 Å². The summed E-state index contributed by atoms with van der Waals surface area (Å²) in [4.78, 5) is 14.5. The number of nitrogens with two attached hydrogens (primary N) is 1. The number of halogens is 2. The zero-order valence-corrected chi connectivity index (χ0v) is 14.0. The van der Waals surface area contributed by atoms with Crippen molar-refractivity contribution in [2.45, 2.75) is 31.8 Å². The van der Waals surface area contributed by atoms with Gasteiger partial charge >= 0.3 is 0 Å². The smallest absolute Gasteiger partial charge is 0.241 e. The van der Waals surface area contributed by atoms with Gasteiger partial charge < -0.3 is 16.0 Å². The summed E-state index contributed by atoms with van der Waals surface area (Å²) in [7, 11) is 0. The molecule has 1 saturated heterocycles. The number of likely N-dealkylation sites (tertiary alicyclic amines) is 1. The summed E-state index contributed by atoms with van der Waals surface area (Å²) < 4.78 is 0. The van der Waals surface area contributed by atoms with Crippen LogP contribution in [0.5, 0.6) is 0 Å². The van der Waals surface area contributed by atoms with Crippen LogP contribution in [0.2, 0.25) is 0 Å². The lowest BCUT2D eigenvalue weighted by molar-refractivity contribution is -0.123. The SMILES string of the molecule is CCN1CCC(NC(=O)C(N)c2ccccc2)CC1.Cl.Cl. The first kappa shape index (κ1) is 20.2. The summed E-state index contributed by atoms with van der Waals surface area (Å²) in [5, 5.41) is 3.07. The Kier molecular flexibility index (Phi) is 9.62. The third kappa shape index (κ3) is 5.83. The minimum atomic E-state index is -0.564. The summed E-state index contributed by atoms with van der Waals surface area (Å²) >= 11 is 0. The van der Waals surface area contributed by atoms with Gasteiger partial charge in [-0.05, 0) is 24.9 Å². The number of hydrogen-bond donors (Lipinski definition) is 2. The molecule has 0 aliphatic carbocycles. The van der Waals surface area contributed by atoms with Crippen molar-refractivity contribution in [1.29, 1.82) is 0 Å². The summed E-state index contributed by atoms with van der Waals surface area (Å²) in [5.41, 5.74) is 6.85. The minimum absolute atomic E-state index is 0. The van der Waals surface area contributed by atoms with E-state index in [0.717, 1.165) is 38.0 Å². The minimum Gasteiger partial charge on any atom is -0.352 e. The van der Waals surface area contributed by atoms with E-state index < -0.39 is 6.04 Å². The van der Waals surface area contributed by atoms with Gasteiger partial charge in [-0.3, -0.25) is 4.79 Å². The van der Waals surface area contributed by atoms with Gasteiger partial charge in [-0.25, -0.2) is 0 Å².